The van der Waals surface area contributed by atoms with Crippen molar-refractivity contribution >= 4 is 10.0 Å². The minimum atomic E-state index is -4.10. The lowest BCUT2D eigenvalue weighted by atomic mass is 10.1. The van der Waals surface area contributed by atoms with Crippen molar-refractivity contribution < 1.29 is 23.7 Å². The molecule has 0 bridgehead atoms. The third kappa shape index (κ3) is 3.33. The third-order valence-electron chi connectivity index (χ3n) is 2.87. The summed E-state index contributed by atoms with van der Waals surface area (Å²) in [5.74, 6) is 0. The average molecular weight is 300 g/mol. The SMILES string of the molecule is Cc1ccc(C#N)cc1S(=O)(=O)NC(CO)(CO)CO. The Kier molecular flexibility index (Phi) is 5.21. The van der Waals surface area contributed by atoms with Crippen LogP contribution in [0, 0.1) is 18.3 Å². The number of aryl methyl sites for hydroxylation is 1. The van der Waals surface area contributed by atoms with Crippen LogP contribution in [0.4, 0.5) is 0 Å². The van der Waals surface area contributed by atoms with Gasteiger partial charge >= 0.3 is 0 Å². The summed E-state index contributed by atoms with van der Waals surface area (Å²) in [7, 11) is -4.10. The summed E-state index contributed by atoms with van der Waals surface area (Å²) in [4.78, 5) is -0.142. The molecule has 0 fully saturated rings. The normalized spacial score (nSPS) is 12.2. The van der Waals surface area contributed by atoms with E-state index in [1.165, 1.54) is 18.2 Å². The van der Waals surface area contributed by atoms with Crippen LogP contribution >= 0.6 is 0 Å². The number of nitrogens with zero attached hydrogens (tertiary/aromatic N) is 1. The van der Waals surface area contributed by atoms with E-state index < -0.39 is 35.4 Å². The second-order valence-electron chi connectivity index (χ2n) is 4.45. The summed E-state index contributed by atoms with van der Waals surface area (Å²) >= 11 is 0. The molecule has 0 atom stereocenters. The van der Waals surface area contributed by atoms with Crippen LogP contribution in [0.25, 0.3) is 0 Å². The van der Waals surface area contributed by atoms with Crippen molar-refractivity contribution in [1.82, 2.24) is 4.72 Å². The zero-order valence-corrected chi connectivity index (χ0v) is 11.7. The Hall–Kier alpha value is -1.50. The van der Waals surface area contributed by atoms with Crippen molar-refractivity contribution in [3.05, 3.63) is 29.3 Å². The summed E-state index contributed by atoms with van der Waals surface area (Å²) in [6.07, 6.45) is 0. The Balaban J connectivity index is 3.28. The van der Waals surface area contributed by atoms with Crippen molar-refractivity contribution in [2.75, 3.05) is 19.8 Å². The van der Waals surface area contributed by atoms with Gasteiger partial charge in [0.2, 0.25) is 10.0 Å². The Morgan fingerprint density at radius 3 is 2.25 bits per heavy atom. The van der Waals surface area contributed by atoms with Crippen molar-refractivity contribution in [1.29, 1.82) is 5.26 Å². The van der Waals surface area contributed by atoms with Gasteiger partial charge in [0.15, 0.2) is 0 Å². The first kappa shape index (κ1) is 16.6. The molecule has 8 heteroatoms. The summed E-state index contributed by atoms with van der Waals surface area (Å²) < 4.78 is 26.6. The van der Waals surface area contributed by atoms with Crippen molar-refractivity contribution in [3.63, 3.8) is 0 Å². The summed E-state index contributed by atoms with van der Waals surface area (Å²) in [6, 6.07) is 5.98. The molecule has 0 spiro atoms. The van der Waals surface area contributed by atoms with Gasteiger partial charge in [-0.3, -0.25) is 0 Å². The predicted molar refractivity (Wildman–Crippen MR) is 70.2 cm³/mol. The number of sulfonamides is 1. The van der Waals surface area contributed by atoms with Gasteiger partial charge in [-0.15, -0.1) is 0 Å². The molecule has 0 aliphatic carbocycles. The number of benzene rings is 1. The number of nitrogens with one attached hydrogen (secondary N) is 1. The minimum absolute atomic E-state index is 0.142. The van der Waals surface area contributed by atoms with Gasteiger partial charge in [0, 0.05) is 0 Å². The van der Waals surface area contributed by atoms with Crippen LogP contribution in [-0.4, -0.2) is 49.1 Å². The average Bonchev–Trinajstić information content (AvgIpc) is 2.45. The fourth-order valence-electron chi connectivity index (χ4n) is 1.55. The second-order valence-corrected chi connectivity index (χ2v) is 6.10. The number of hydrogen-bond donors (Lipinski definition) is 4. The zero-order valence-electron chi connectivity index (χ0n) is 10.9. The predicted octanol–water partition coefficient (Wildman–Crippen LogP) is -1.14. The van der Waals surface area contributed by atoms with Crippen molar-refractivity contribution in [2.45, 2.75) is 17.4 Å². The van der Waals surface area contributed by atoms with E-state index >= 15 is 0 Å². The van der Waals surface area contributed by atoms with Crippen LogP contribution in [-0.2, 0) is 10.0 Å². The number of aliphatic hydroxyl groups excluding tert-OH is 3. The van der Waals surface area contributed by atoms with E-state index in [0.717, 1.165) is 0 Å². The second kappa shape index (κ2) is 6.30. The van der Waals surface area contributed by atoms with Crippen LogP contribution in [0.15, 0.2) is 23.1 Å². The molecule has 0 unspecified atom stereocenters. The Labute approximate surface area is 117 Å². The molecule has 7 nitrogen and oxygen atoms in total. The molecule has 4 N–H and O–H groups in total. The van der Waals surface area contributed by atoms with Crippen LogP contribution in [0.1, 0.15) is 11.1 Å². The largest absolute Gasteiger partial charge is 0.394 e. The third-order valence-corrected chi connectivity index (χ3v) is 4.59. The number of nitriles is 1. The highest BCUT2D eigenvalue weighted by atomic mass is 32.2. The molecular weight excluding hydrogens is 284 g/mol. The van der Waals surface area contributed by atoms with E-state index in [4.69, 9.17) is 20.6 Å². The van der Waals surface area contributed by atoms with E-state index in [9.17, 15) is 8.42 Å². The molecule has 0 amide bonds. The molecule has 1 aromatic rings. The molecular formula is C12H16N2O5S. The van der Waals surface area contributed by atoms with Gasteiger partial charge < -0.3 is 15.3 Å². The maximum Gasteiger partial charge on any atom is 0.241 e. The molecule has 110 valence electrons. The van der Waals surface area contributed by atoms with E-state index in [0.29, 0.717) is 5.56 Å². The van der Waals surface area contributed by atoms with E-state index in [-0.39, 0.29) is 10.5 Å². The lowest BCUT2D eigenvalue weighted by Gasteiger charge is -2.28. The highest BCUT2D eigenvalue weighted by Crippen LogP contribution is 2.19. The maximum atomic E-state index is 12.3. The molecule has 0 aromatic heterocycles. The van der Waals surface area contributed by atoms with Crippen molar-refractivity contribution in [2.24, 2.45) is 0 Å². The zero-order chi connectivity index (χ0) is 15.4. The summed E-state index contributed by atoms with van der Waals surface area (Å²) in [6.45, 7) is -0.753. The minimum Gasteiger partial charge on any atom is -0.394 e. The van der Waals surface area contributed by atoms with Crippen LogP contribution < -0.4 is 4.72 Å². The molecule has 1 aromatic carbocycles. The fourth-order valence-corrected chi connectivity index (χ4v) is 3.19. The van der Waals surface area contributed by atoms with E-state index in [1.54, 1.807) is 6.92 Å². The summed E-state index contributed by atoms with van der Waals surface area (Å²) in [5, 5.41) is 36.3. The smallest absolute Gasteiger partial charge is 0.241 e. The molecule has 1 rings (SSSR count). The van der Waals surface area contributed by atoms with Crippen molar-refractivity contribution in [3.8, 4) is 6.07 Å². The number of aliphatic hydroxyl groups is 3. The molecule has 20 heavy (non-hydrogen) atoms. The number of hydrogen-bond acceptors (Lipinski definition) is 6. The fraction of sp³-hybridized carbons (Fsp3) is 0.417. The van der Waals surface area contributed by atoms with Gasteiger partial charge in [-0.1, -0.05) is 6.07 Å². The lowest BCUT2D eigenvalue weighted by Crippen LogP contribution is -2.56. The van der Waals surface area contributed by atoms with Gasteiger partial charge in [-0.2, -0.15) is 9.98 Å². The van der Waals surface area contributed by atoms with Gasteiger partial charge in [-0.05, 0) is 24.6 Å². The van der Waals surface area contributed by atoms with Gasteiger partial charge in [0.25, 0.3) is 0 Å². The first-order chi connectivity index (χ1) is 9.34. The highest BCUT2D eigenvalue weighted by molar-refractivity contribution is 7.89. The molecule has 0 radical (unpaired) electrons. The van der Waals surface area contributed by atoms with Crippen LogP contribution in [0.5, 0.6) is 0 Å². The Morgan fingerprint density at radius 1 is 1.25 bits per heavy atom. The summed E-state index contributed by atoms with van der Waals surface area (Å²) in [5.41, 5.74) is -1.19. The molecule has 0 aliphatic rings. The van der Waals surface area contributed by atoms with Gasteiger partial charge in [0.05, 0.1) is 36.3 Å². The van der Waals surface area contributed by atoms with E-state index in [2.05, 4.69) is 4.72 Å². The molecule has 0 saturated heterocycles. The first-order valence-electron chi connectivity index (χ1n) is 5.71. The first-order valence-corrected chi connectivity index (χ1v) is 7.20. The lowest BCUT2D eigenvalue weighted by molar-refractivity contribution is 0.0582. The highest BCUT2D eigenvalue weighted by Gasteiger charge is 2.34. The van der Waals surface area contributed by atoms with Gasteiger partial charge in [-0.25, -0.2) is 8.42 Å². The standard InChI is InChI=1S/C12H16N2O5S/c1-9-2-3-10(5-13)4-11(9)20(18,19)14-12(6-15,7-16)8-17/h2-4,14-17H,6-8H2,1H3. The Morgan fingerprint density at radius 2 is 1.80 bits per heavy atom. The molecule has 0 saturated carbocycles. The Bertz CT molecular complexity index is 609. The van der Waals surface area contributed by atoms with Gasteiger partial charge in [0.1, 0.15) is 5.54 Å². The molecule has 0 heterocycles. The van der Waals surface area contributed by atoms with Crippen LogP contribution in [0.3, 0.4) is 0 Å². The van der Waals surface area contributed by atoms with Crippen LogP contribution in [0.2, 0.25) is 0 Å². The quantitative estimate of drug-likeness (QED) is 0.525. The van der Waals surface area contributed by atoms with E-state index in [1.807, 2.05) is 6.07 Å². The topological polar surface area (TPSA) is 131 Å². The maximum absolute atomic E-state index is 12.3. The number of rotatable bonds is 6. The molecule has 0 aliphatic heterocycles. The monoisotopic (exact) mass is 300 g/mol.